The Labute approximate surface area is 140 Å². The molecule has 0 N–H and O–H groups in total. The lowest BCUT2D eigenvalue weighted by Gasteiger charge is -2.23. The van der Waals surface area contributed by atoms with Crippen molar-refractivity contribution in [1.29, 1.82) is 0 Å². The van der Waals surface area contributed by atoms with Crippen LogP contribution in [0, 0.1) is 13.8 Å². The van der Waals surface area contributed by atoms with Crippen LogP contribution >= 0.6 is 11.3 Å². The van der Waals surface area contributed by atoms with Gasteiger partial charge in [-0.05, 0) is 31.2 Å². The van der Waals surface area contributed by atoms with Crippen LogP contribution in [0.4, 0.5) is 5.82 Å². The number of rotatable bonds is 3. The number of ether oxygens (including phenoxy) is 1. The first kappa shape index (κ1) is 16.1. The lowest BCUT2D eigenvalue weighted by molar-refractivity contribution is -0.141. The molecule has 1 saturated heterocycles. The standard InChI is InChI=1S/C16H22N4O2S/c1-11-10-23-16-14(11)15(17-12(2)18-16)20-6-4-5-19(7-8-20)9-13(21)22-3/h10H,4-9H2,1-3H3. The molecule has 3 rings (SSSR count). The second kappa shape index (κ2) is 6.80. The van der Waals surface area contributed by atoms with Gasteiger partial charge in [-0.2, -0.15) is 0 Å². The van der Waals surface area contributed by atoms with Crippen molar-refractivity contribution >= 4 is 33.3 Å². The van der Waals surface area contributed by atoms with E-state index in [1.165, 1.54) is 18.1 Å². The molecular formula is C16H22N4O2S. The molecule has 1 aliphatic heterocycles. The summed E-state index contributed by atoms with van der Waals surface area (Å²) in [5, 5.41) is 3.31. The summed E-state index contributed by atoms with van der Waals surface area (Å²) in [4.78, 5) is 26.3. The molecule has 124 valence electrons. The first-order valence-electron chi connectivity index (χ1n) is 7.85. The molecule has 0 bridgehead atoms. The number of thiophene rings is 1. The second-order valence-corrected chi connectivity index (χ2v) is 6.74. The molecule has 0 amide bonds. The van der Waals surface area contributed by atoms with Gasteiger partial charge in [-0.15, -0.1) is 11.3 Å². The van der Waals surface area contributed by atoms with Gasteiger partial charge in [0.15, 0.2) is 0 Å². The predicted molar refractivity (Wildman–Crippen MR) is 92.2 cm³/mol. The lowest BCUT2D eigenvalue weighted by atomic mass is 10.2. The summed E-state index contributed by atoms with van der Waals surface area (Å²) in [6.07, 6.45) is 1.00. The Morgan fingerprint density at radius 1 is 1.26 bits per heavy atom. The van der Waals surface area contributed by atoms with Crippen molar-refractivity contribution < 1.29 is 9.53 Å². The van der Waals surface area contributed by atoms with E-state index in [1.54, 1.807) is 11.3 Å². The molecule has 2 aromatic heterocycles. The Kier molecular flexibility index (Phi) is 4.77. The SMILES string of the molecule is COC(=O)CN1CCCN(c2nc(C)nc3scc(C)c23)CC1. The fourth-order valence-corrected chi connectivity index (χ4v) is 3.94. The zero-order chi connectivity index (χ0) is 16.4. The van der Waals surface area contributed by atoms with Crippen LogP contribution in [0.5, 0.6) is 0 Å². The second-order valence-electron chi connectivity index (χ2n) is 5.89. The maximum atomic E-state index is 11.5. The van der Waals surface area contributed by atoms with E-state index in [0.29, 0.717) is 6.54 Å². The van der Waals surface area contributed by atoms with Gasteiger partial charge in [-0.1, -0.05) is 0 Å². The Morgan fingerprint density at radius 2 is 2.09 bits per heavy atom. The molecule has 7 heteroatoms. The van der Waals surface area contributed by atoms with E-state index in [0.717, 1.165) is 49.1 Å². The summed E-state index contributed by atoms with van der Waals surface area (Å²) in [6.45, 7) is 7.96. The average molecular weight is 334 g/mol. The van der Waals surface area contributed by atoms with Crippen molar-refractivity contribution in [3.05, 3.63) is 16.8 Å². The number of fused-ring (bicyclic) bond motifs is 1. The third-order valence-corrected chi connectivity index (χ3v) is 5.17. The van der Waals surface area contributed by atoms with Gasteiger partial charge in [-0.25, -0.2) is 9.97 Å². The Morgan fingerprint density at radius 3 is 2.87 bits per heavy atom. The number of aromatic nitrogens is 2. The molecular weight excluding hydrogens is 312 g/mol. The molecule has 6 nitrogen and oxygen atoms in total. The number of hydrogen-bond acceptors (Lipinski definition) is 7. The largest absolute Gasteiger partial charge is 0.468 e. The predicted octanol–water partition coefficient (Wildman–Crippen LogP) is 1.99. The molecule has 0 spiro atoms. The van der Waals surface area contributed by atoms with Gasteiger partial charge in [0.25, 0.3) is 0 Å². The minimum absolute atomic E-state index is 0.174. The van der Waals surface area contributed by atoms with Gasteiger partial charge in [0.05, 0.1) is 19.0 Å². The van der Waals surface area contributed by atoms with Gasteiger partial charge in [0.2, 0.25) is 0 Å². The summed E-state index contributed by atoms with van der Waals surface area (Å²) >= 11 is 1.67. The summed E-state index contributed by atoms with van der Waals surface area (Å²) in [5.74, 6) is 1.67. The van der Waals surface area contributed by atoms with Crippen LogP contribution in [0.1, 0.15) is 17.8 Å². The van der Waals surface area contributed by atoms with E-state index in [9.17, 15) is 4.79 Å². The first-order valence-corrected chi connectivity index (χ1v) is 8.73. The van der Waals surface area contributed by atoms with Crippen LogP contribution in [-0.2, 0) is 9.53 Å². The fraction of sp³-hybridized carbons (Fsp3) is 0.562. The number of carbonyl (C=O) groups is 1. The highest BCUT2D eigenvalue weighted by Crippen LogP contribution is 2.32. The van der Waals surface area contributed by atoms with Gasteiger partial charge in [0, 0.05) is 26.2 Å². The molecule has 2 aromatic rings. The van der Waals surface area contributed by atoms with Crippen LogP contribution in [-0.4, -0.2) is 60.7 Å². The van der Waals surface area contributed by atoms with Crippen molar-refractivity contribution in [1.82, 2.24) is 14.9 Å². The number of methoxy groups -OCH3 is 1. The number of anilines is 1. The van der Waals surface area contributed by atoms with E-state index in [2.05, 4.69) is 27.1 Å². The topological polar surface area (TPSA) is 58.6 Å². The molecule has 0 unspecified atom stereocenters. The maximum absolute atomic E-state index is 11.5. The highest BCUT2D eigenvalue weighted by Gasteiger charge is 2.21. The molecule has 23 heavy (non-hydrogen) atoms. The normalized spacial score (nSPS) is 16.6. The molecule has 0 radical (unpaired) electrons. The quantitative estimate of drug-likeness (QED) is 0.800. The number of hydrogen-bond donors (Lipinski definition) is 0. The molecule has 0 aliphatic carbocycles. The summed E-state index contributed by atoms with van der Waals surface area (Å²) < 4.78 is 4.77. The van der Waals surface area contributed by atoms with E-state index >= 15 is 0 Å². The van der Waals surface area contributed by atoms with Gasteiger partial charge < -0.3 is 9.64 Å². The van der Waals surface area contributed by atoms with Crippen LogP contribution in [0.2, 0.25) is 0 Å². The minimum atomic E-state index is -0.174. The van der Waals surface area contributed by atoms with Gasteiger partial charge in [0.1, 0.15) is 16.5 Å². The van der Waals surface area contributed by atoms with E-state index in [1.807, 2.05) is 6.92 Å². The number of nitrogens with zero attached hydrogens (tertiary/aromatic N) is 4. The third kappa shape index (κ3) is 3.45. The van der Waals surface area contributed by atoms with Crippen LogP contribution in [0.25, 0.3) is 10.2 Å². The van der Waals surface area contributed by atoms with Crippen LogP contribution < -0.4 is 4.90 Å². The van der Waals surface area contributed by atoms with Crippen molar-refractivity contribution in [3.63, 3.8) is 0 Å². The highest BCUT2D eigenvalue weighted by molar-refractivity contribution is 7.17. The third-order valence-electron chi connectivity index (χ3n) is 4.18. The number of aryl methyl sites for hydroxylation is 2. The highest BCUT2D eigenvalue weighted by atomic mass is 32.1. The smallest absolute Gasteiger partial charge is 0.319 e. The zero-order valence-corrected chi connectivity index (χ0v) is 14.7. The van der Waals surface area contributed by atoms with Crippen molar-refractivity contribution in [3.8, 4) is 0 Å². The molecule has 0 saturated carbocycles. The molecule has 0 aromatic carbocycles. The first-order chi connectivity index (χ1) is 11.1. The Hall–Kier alpha value is -1.73. The Balaban J connectivity index is 1.83. The number of esters is 1. The zero-order valence-electron chi connectivity index (χ0n) is 13.8. The van der Waals surface area contributed by atoms with Crippen molar-refractivity contribution in [2.24, 2.45) is 0 Å². The molecule has 0 atom stereocenters. The minimum Gasteiger partial charge on any atom is -0.468 e. The van der Waals surface area contributed by atoms with Gasteiger partial charge >= 0.3 is 5.97 Å². The monoisotopic (exact) mass is 334 g/mol. The van der Waals surface area contributed by atoms with Crippen LogP contribution in [0.15, 0.2) is 5.38 Å². The molecule has 3 heterocycles. The molecule has 1 fully saturated rings. The summed E-state index contributed by atoms with van der Waals surface area (Å²) in [5.41, 5.74) is 1.23. The lowest BCUT2D eigenvalue weighted by Crippen LogP contribution is -2.35. The number of carbonyl (C=O) groups excluding carboxylic acids is 1. The fourth-order valence-electron chi connectivity index (χ4n) is 2.98. The Bertz CT molecular complexity index is 715. The summed E-state index contributed by atoms with van der Waals surface area (Å²) in [6, 6.07) is 0. The van der Waals surface area contributed by atoms with E-state index in [-0.39, 0.29) is 5.97 Å². The van der Waals surface area contributed by atoms with E-state index < -0.39 is 0 Å². The van der Waals surface area contributed by atoms with Crippen molar-refractivity contribution in [2.75, 3.05) is 44.7 Å². The van der Waals surface area contributed by atoms with Crippen molar-refractivity contribution in [2.45, 2.75) is 20.3 Å². The maximum Gasteiger partial charge on any atom is 0.319 e. The average Bonchev–Trinajstić information content (AvgIpc) is 2.75. The van der Waals surface area contributed by atoms with Gasteiger partial charge in [-0.3, -0.25) is 9.69 Å². The summed E-state index contributed by atoms with van der Waals surface area (Å²) in [7, 11) is 1.44. The van der Waals surface area contributed by atoms with Crippen LogP contribution in [0.3, 0.4) is 0 Å². The van der Waals surface area contributed by atoms with E-state index in [4.69, 9.17) is 9.72 Å². The molecule has 1 aliphatic rings.